The van der Waals surface area contributed by atoms with Gasteiger partial charge in [0.2, 0.25) is 0 Å². The third-order valence-electron chi connectivity index (χ3n) is 1.57. The van der Waals surface area contributed by atoms with E-state index in [9.17, 15) is 4.79 Å². The second kappa shape index (κ2) is 5.59. The molecule has 78 valence electrons. The Morgan fingerprint density at radius 2 is 2.00 bits per heavy atom. The molecule has 0 aliphatic carbocycles. The first kappa shape index (κ1) is 11.8. The van der Waals surface area contributed by atoms with E-state index in [2.05, 4.69) is 0 Å². The number of benzene rings is 1. The number of ether oxygens (including phenoxy) is 1. The lowest BCUT2D eigenvalue weighted by Gasteiger charge is -2.07. The second-order valence-corrected chi connectivity index (χ2v) is 3.53. The van der Waals surface area contributed by atoms with Crippen LogP contribution in [0.15, 0.2) is 18.2 Å². The van der Waals surface area contributed by atoms with E-state index in [-0.39, 0.29) is 24.6 Å². The van der Waals surface area contributed by atoms with Crippen LogP contribution in [0.3, 0.4) is 0 Å². The number of rotatable bonds is 4. The molecule has 1 rings (SSSR count). The normalized spacial score (nSPS) is 9.40. The summed E-state index contributed by atoms with van der Waals surface area (Å²) in [6.45, 7) is -0.197. The van der Waals surface area contributed by atoms with Gasteiger partial charge in [0.15, 0.2) is 11.5 Å². The molecule has 1 aromatic carbocycles. The van der Waals surface area contributed by atoms with E-state index in [0.717, 1.165) is 0 Å². The maximum Gasteiger partial charge on any atom is 0.184 e. The number of carbonyl (C=O) groups is 1. The molecule has 3 nitrogen and oxygen atoms in total. The molecule has 0 aliphatic heterocycles. The van der Waals surface area contributed by atoms with Gasteiger partial charge >= 0.3 is 0 Å². The monoisotopic (exact) mass is 243 g/mol. The fourth-order valence-corrected chi connectivity index (χ4v) is 1.42. The molecular weight excluding hydrogens is 237 g/mol. The summed E-state index contributed by atoms with van der Waals surface area (Å²) in [5.41, 5.74) is 0. The van der Waals surface area contributed by atoms with Crippen molar-refractivity contribution in [3.63, 3.8) is 0 Å². The van der Waals surface area contributed by atoms with Crippen LogP contribution >= 0.6 is 23.2 Å². The van der Waals surface area contributed by atoms with Crippen LogP contribution in [-0.4, -0.2) is 12.4 Å². The van der Waals surface area contributed by atoms with Crippen molar-refractivity contribution in [3.8, 4) is 11.8 Å². The van der Waals surface area contributed by atoms with E-state index in [1.165, 1.54) is 0 Å². The molecule has 5 heteroatoms. The number of ketones is 1. The van der Waals surface area contributed by atoms with Crippen LogP contribution in [-0.2, 0) is 4.79 Å². The van der Waals surface area contributed by atoms with Gasteiger partial charge in [0.1, 0.15) is 6.61 Å². The van der Waals surface area contributed by atoms with E-state index in [1.807, 2.05) is 0 Å². The Morgan fingerprint density at radius 1 is 1.40 bits per heavy atom. The molecule has 0 spiro atoms. The van der Waals surface area contributed by atoms with Gasteiger partial charge in [-0.2, -0.15) is 5.26 Å². The van der Waals surface area contributed by atoms with Crippen molar-refractivity contribution >= 4 is 29.0 Å². The molecule has 0 saturated heterocycles. The first-order chi connectivity index (χ1) is 7.15. The van der Waals surface area contributed by atoms with E-state index in [4.69, 9.17) is 33.2 Å². The molecule has 0 N–H and O–H groups in total. The van der Waals surface area contributed by atoms with Crippen molar-refractivity contribution in [1.82, 2.24) is 0 Å². The van der Waals surface area contributed by atoms with Crippen molar-refractivity contribution < 1.29 is 9.53 Å². The fourth-order valence-electron chi connectivity index (χ4n) is 0.912. The van der Waals surface area contributed by atoms with Gasteiger partial charge in [0.25, 0.3) is 0 Å². The van der Waals surface area contributed by atoms with Crippen LogP contribution in [0, 0.1) is 11.3 Å². The van der Waals surface area contributed by atoms with Crippen molar-refractivity contribution in [1.29, 1.82) is 5.26 Å². The van der Waals surface area contributed by atoms with Crippen LogP contribution in [0.1, 0.15) is 6.42 Å². The van der Waals surface area contributed by atoms with Gasteiger partial charge < -0.3 is 4.74 Å². The number of hydrogen-bond acceptors (Lipinski definition) is 3. The zero-order chi connectivity index (χ0) is 11.3. The minimum Gasteiger partial charge on any atom is -0.483 e. The molecule has 0 fully saturated rings. The summed E-state index contributed by atoms with van der Waals surface area (Å²) in [6.07, 6.45) is -0.179. The van der Waals surface area contributed by atoms with Gasteiger partial charge in [0.05, 0.1) is 22.5 Å². The van der Waals surface area contributed by atoms with Gasteiger partial charge in [-0.05, 0) is 12.1 Å². The van der Waals surface area contributed by atoms with E-state index in [0.29, 0.717) is 10.0 Å². The fraction of sp³-hybridized carbons (Fsp3) is 0.200. The summed E-state index contributed by atoms with van der Waals surface area (Å²) in [7, 11) is 0. The Kier molecular flexibility index (Phi) is 4.41. The molecule has 0 aromatic heterocycles. The van der Waals surface area contributed by atoms with Crippen LogP contribution in [0.4, 0.5) is 0 Å². The average Bonchev–Trinajstić information content (AvgIpc) is 2.17. The summed E-state index contributed by atoms with van der Waals surface area (Å²) < 4.78 is 5.12. The maximum absolute atomic E-state index is 11.0. The number of para-hydroxylation sites is 1. The zero-order valence-corrected chi connectivity index (χ0v) is 9.18. The van der Waals surface area contributed by atoms with E-state index < -0.39 is 0 Å². The van der Waals surface area contributed by atoms with E-state index in [1.54, 1.807) is 24.3 Å². The number of nitrogens with zero attached hydrogens (tertiary/aromatic N) is 1. The van der Waals surface area contributed by atoms with Crippen molar-refractivity contribution in [2.75, 3.05) is 6.61 Å². The number of halogens is 2. The Hall–Kier alpha value is -1.24. The first-order valence-corrected chi connectivity index (χ1v) is 4.86. The molecule has 15 heavy (non-hydrogen) atoms. The van der Waals surface area contributed by atoms with Crippen LogP contribution < -0.4 is 4.74 Å². The first-order valence-electron chi connectivity index (χ1n) is 4.10. The van der Waals surface area contributed by atoms with Crippen LogP contribution in [0.25, 0.3) is 0 Å². The molecular formula is C10H7Cl2NO2. The predicted octanol–water partition coefficient (Wildman–Crippen LogP) is 2.85. The topological polar surface area (TPSA) is 50.1 Å². The maximum atomic E-state index is 11.0. The predicted molar refractivity (Wildman–Crippen MR) is 57.2 cm³/mol. The quantitative estimate of drug-likeness (QED) is 0.818. The van der Waals surface area contributed by atoms with Crippen molar-refractivity contribution in [3.05, 3.63) is 28.2 Å². The Labute approximate surface area is 97.2 Å². The lowest BCUT2D eigenvalue weighted by Crippen LogP contribution is -2.10. The molecule has 0 bridgehead atoms. The SMILES string of the molecule is N#CCC(=O)COc1c(Cl)cccc1Cl. The molecule has 0 heterocycles. The van der Waals surface area contributed by atoms with Gasteiger partial charge in [-0.15, -0.1) is 0 Å². The van der Waals surface area contributed by atoms with Gasteiger partial charge in [-0.25, -0.2) is 0 Å². The standard InChI is InChI=1S/C10H7Cl2NO2/c11-8-2-1-3-9(12)10(8)15-6-7(14)4-5-13/h1-3H,4,6H2. The molecule has 1 aromatic rings. The third kappa shape index (κ3) is 3.43. The van der Waals surface area contributed by atoms with Gasteiger partial charge in [-0.3, -0.25) is 4.79 Å². The Bertz CT molecular complexity index is 392. The molecule has 0 saturated carbocycles. The lowest BCUT2D eigenvalue weighted by molar-refractivity contribution is -0.120. The molecule has 0 unspecified atom stereocenters. The second-order valence-electron chi connectivity index (χ2n) is 2.71. The summed E-state index contributed by atoms with van der Waals surface area (Å²) in [4.78, 5) is 11.0. The van der Waals surface area contributed by atoms with Crippen molar-refractivity contribution in [2.45, 2.75) is 6.42 Å². The van der Waals surface area contributed by atoms with Crippen molar-refractivity contribution in [2.24, 2.45) is 0 Å². The largest absolute Gasteiger partial charge is 0.483 e. The lowest BCUT2D eigenvalue weighted by atomic mass is 10.3. The molecule has 0 atom stereocenters. The molecule has 0 amide bonds. The van der Waals surface area contributed by atoms with E-state index >= 15 is 0 Å². The molecule has 0 aliphatic rings. The number of nitriles is 1. The highest BCUT2D eigenvalue weighted by atomic mass is 35.5. The number of hydrogen-bond donors (Lipinski definition) is 0. The smallest absolute Gasteiger partial charge is 0.184 e. The minimum atomic E-state index is -0.312. The Balaban J connectivity index is 2.66. The van der Waals surface area contributed by atoms with Gasteiger partial charge in [-0.1, -0.05) is 29.3 Å². The Morgan fingerprint density at radius 3 is 2.53 bits per heavy atom. The van der Waals surface area contributed by atoms with Crippen LogP contribution in [0.5, 0.6) is 5.75 Å². The molecule has 0 radical (unpaired) electrons. The minimum absolute atomic E-state index is 0.179. The summed E-state index contributed by atoms with van der Waals surface area (Å²) in [5.74, 6) is -0.0411. The summed E-state index contributed by atoms with van der Waals surface area (Å²) >= 11 is 11.6. The van der Waals surface area contributed by atoms with Crippen LogP contribution in [0.2, 0.25) is 10.0 Å². The highest BCUT2D eigenvalue weighted by Crippen LogP contribution is 2.32. The third-order valence-corrected chi connectivity index (χ3v) is 2.17. The highest BCUT2D eigenvalue weighted by molar-refractivity contribution is 6.37. The summed E-state index contributed by atoms with van der Waals surface area (Å²) in [6, 6.07) is 6.63. The average molecular weight is 244 g/mol. The zero-order valence-electron chi connectivity index (χ0n) is 7.67. The number of Topliss-reactive ketones (excluding diaryl/α,β-unsaturated/α-hetero) is 1. The highest BCUT2D eigenvalue weighted by Gasteiger charge is 2.08. The van der Waals surface area contributed by atoms with Gasteiger partial charge in [0, 0.05) is 0 Å². The summed E-state index contributed by atoms with van der Waals surface area (Å²) in [5, 5.41) is 8.94. The number of carbonyl (C=O) groups excluding carboxylic acids is 1.